The van der Waals surface area contributed by atoms with E-state index >= 15 is 0 Å². The molecule has 0 saturated heterocycles. The molecule has 0 aromatic heterocycles. The summed E-state index contributed by atoms with van der Waals surface area (Å²) in [5, 5.41) is 18.3. The number of carboxylic acid groups (broad SMARTS) is 1. The van der Waals surface area contributed by atoms with Crippen molar-refractivity contribution >= 4 is 22.1 Å². The van der Waals surface area contributed by atoms with Crippen LogP contribution in [0.3, 0.4) is 0 Å². The van der Waals surface area contributed by atoms with Crippen molar-refractivity contribution in [3.8, 4) is 5.75 Å². The summed E-state index contributed by atoms with van der Waals surface area (Å²) >= 11 is 0. The summed E-state index contributed by atoms with van der Waals surface area (Å²) < 4.78 is 30.5. The minimum absolute atomic E-state index is 0.167. The molecule has 116 valence electrons. The summed E-state index contributed by atoms with van der Waals surface area (Å²) in [6, 6.07) is 1.89. The number of carbonyl (C=O) groups is 2. The molecule has 0 saturated carbocycles. The highest BCUT2D eigenvalue weighted by Gasteiger charge is 2.21. The first-order chi connectivity index (χ1) is 9.65. The number of carbonyl (C=O) groups excluding carboxylic acids is 1. The Kier molecular flexibility index (Phi) is 5.11. The second-order valence-corrected chi connectivity index (χ2v) is 5.74. The minimum atomic E-state index is -4.02. The van der Waals surface area contributed by atoms with Crippen LogP contribution in [0.1, 0.15) is 15.9 Å². The number of aryl methyl sites for hydroxylation is 1. The first-order valence-corrected chi connectivity index (χ1v) is 7.12. The van der Waals surface area contributed by atoms with E-state index < -0.39 is 33.4 Å². The Hall–Kier alpha value is -2.33. The number of primary amides is 1. The number of rotatable bonds is 6. The minimum Gasteiger partial charge on any atom is -0.507 e. The van der Waals surface area contributed by atoms with Gasteiger partial charge in [-0.1, -0.05) is 0 Å². The van der Waals surface area contributed by atoms with E-state index in [1.807, 2.05) is 0 Å². The summed E-state index contributed by atoms with van der Waals surface area (Å²) in [5.41, 5.74) is 4.35. The molecule has 0 spiro atoms. The van der Waals surface area contributed by atoms with Crippen molar-refractivity contribution in [2.45, 2.75) is 11.8 Å². The summed E-state index contributed by atoms with van der Waals surface area (Å²) in [4.78, 5) is 20.9. The maximum absolute atomic E-state index is 12.0. The van der Waals surface area contributed by atoms with Crippen molar-refractivity contribution in [3.05, 3.63) is 23.3 Å². The van der Waals surface area contributed by atoms with Crippen LogP contribution in [0.5, 0.6) is 5.75 Å². The number of amides is 1. The van der Waals surface area contributed by atoms with Crippen LogP contribution in [0.15, 0.2) is 17.0 Å². The van der Waals surface area contributed by atoms with Gasteiger partial charge >= 0.3 is 12.1 Å². The molecular weight excluding hydrogens is 304 g/mol. The van der Waals surface area contributed by atoms with Gasteiger partial charge in [-0.2, -0.15) is 0 Å². The molecular formula is C11H14N2O7S. The molecule has 0 bridgehead atoms. The van der Waals surface area contributed by atoms with E-state index in [4.69, 9.17) is 10.8 Å². The van der Waals surface area contributed by atoms with Crippen molar-refractivity contribution in [2.75, 3.05) is 13.2 Å². The van der Waals surface area contributed by atoms with Crippen LogP contribution in [0.25, 0.3) is 0 Å². The third-order valence-electron chi connectivity index (χ3n) is 2.45. The van der Waals surface area contributed by atoms with Gasteiger partial charge in [0.2, 0.25) is 10.0 Å². The Bertz CT molecular complexity index is 669. The number of phenols is 1. The highest BCUT2D eigenvalue weighted by atomic mass is 32.2. The number of ether oxygens (including phenoxy) is 1. The monoisotopic (exact) mass is 318 g/mol. The lowest BCUT2D eigenvalue weighted by atomic mass is 10.1. The number of carboxylic acids is 1. The zero-order chi connectivity index (χ0) is 16.2. The molecule has 10 heteroatoms. The SMILES string of the molecule is Cc1cc(O)c(C(=O)O)cc1S(=O)(=O)NCCOC(N)=O. The second kappa shape index (κ2) is 6.41. The first-order valence-electron chi connectivity index (χ1n) is 5.64. The van der Waals surface area contributed by atoms with E-state index in [-0.39, 0.29) is 23.6 Å². The Balaban J connectivity index is 3.00. The molecule has 1 aromatic carbocycles. The fraction of sp³-hybridized carbons (Fsp3) is 0.273. The Morgan fingerprint density at radius 2 is 2.00 bits per heavy atom. The maximum Gasteiger partial charge on any atom is 0.404 e. The second-order valence-electron chi connectivity index (χ2n) is 4.01. The van der Waals surface area contributed by atoms with Gasteiger partial charge in [-0.15, -0.1) is 0 Å². The van der Waals surface area contributed by atoms with Gasteiger partial charge in [0, 0.05) is 6.54 Å². The molecule has 0 heterocycles. The number of aromatic hydroxyl groups is 1. The van der Waals surface area contributed by atoms with Gasteiger partial charge in [-0.05, 0) is 24.6 Å². The van der Waals surface area contributed by atoms with Crippen molar-refractivity contribution in [2.24, 2.45) is 5.73 Å². The van der Waals surface area contributed by atoms with Crippen molar-refractivity contribution < 1.29 is 33.0 Å². The van der Waals surface area contributed by atoms with Crippen LogP contribution in [-0.4, -0.2) is 43.8 Å². The van der Waals surface area contributed by atoms with Gasteiger partial charge < -0.3 is 20.7 Å². The van der Waals surface area contributed by atoms with Crippen molar-refractivity contribution in [3.63, 3.8) is 0 Å². The van der Waals surface area contributed by atoms with Crippen LogP contribution in [0, 0.1) is 6.92 Å². The Morgan fingerprint density at radius 3 is 2.52 bits per heavy atom. The third kappa shape index (κ3) is 4.33. The highest BCUT2D eigenvalue weighted by Crippen LogP contribution is 2.25. The maximum atomic E-state index is 12.0. The predicted molar refractivity (Wildman–Crippen MR) is 70.5 cm³/mol. The number of aromatic carboxylic acids is 1. The lowest BCUT2D eigenvalue weighted by Gasteiger charge is -2.11. The molecule has 21 heavy (non-hydrogen) atoms. The highest BCUT2D eigenvalue weighted by molar-refractivity contribution is 7.89. The van der Waals surface area contributed by atoms with E-state index in [9.17, 15) is 23.1 Å². The van der Waals surface area contributed by atoms with Gasteiger partial charge in [0.1, 0.15) is 17.9 Å². The van der Waals surface area contributed by atoms with Gasteiger partial charge in [0.05, 0.1) is 4.90 Å². The standard InChI is InChI=1S/C11H14N2O7S/c1-6-4-8(14)7(10(15)16)5-9(6)21(18,19)13-2-3-20-11(12)17/h4-5,13-14H,2-3H2,1H3,(H2,12,17)(H,15,16). The molecule has 1 rings (SSSR count). The number of sulfonamides is 1. The van der Waals surface area contributed by atoms with E-state index in [0.717, 1.165) is 12.1 Å². The molecule has 5 N–H and O–H groups in total. The van der Waals surface area contributed by atoms with E-state index in [0.29, 0.717) is 0 Å². The molecule has 1 aromatic rings. The summed E-state index contributed by atoms with van der Waals surface area (Å²) in [6.07, 6.45) is -1.04. The molecule has 1 amide bonds. The smallest absolute Gasteiger partial charge is 0.404 e. The average Bonchev–Trinajstić information content (AvgIpc) is 2.33. The van der Waals surface area contributed by atoms with Gasteiger partial charge in [-0.3, -0.25) is 0 Å². The third-order valence-corrected chi connectivity index (χ3v) is 4.05. The molecule has 0 fully saturated rings. The van der Waals surface area contributed by atoms with Crippen LogP contribution in [-0.2, 0) is 14.8 Å². The first kappa shape index (κ1) is 16.7. The largest absolute Gasteiger partial charge is 0.507 e. The predicted octanol–water partition coefficient (Wildman–Crippen LogP) is -0.228. The van der Waals surface area contributed by atoms with Gasteiger partial charge in [-0.25, -0.2) is 22.7 Å². The van der Waals surface area contributed by atoms with Gasteiger partial charge in [0.15, 0.2) is 0 Å². The van der Waals surface area contributed by atoms with Gasteiger partial charge in [0.25, 0.3) is 0 Å². The average molecular weight is 318 g/mol. The molecule has 0 unspecified atom stereocenters. The number of hydrogen-bond acceptors (Lipinski definition) is 6. The van der Waals surface area contributed by atoms with E-state index in [2.05, 4.69) is 9.46 Å². The molecule has 0 aliphatic rings. The van der Waals surface area contributed by atoms with Crippen LogP contribution in [0.4, 0.5) is 4.79 Å². The van der Waals surface area contributed by atoms with Crippen LogP contribution < -0.4 is 10.5 Å². The fourth-order valence-electron chi connectivity index (χ4n) is 1.54. The molecule has 9 nitrogen and oxygen atoms in total. The summed E-state index contributed by atoms with van der Waals surface area (Å²) in [6.45, 7) is 0.908. The molecule has 0 radical (unpaired) electrons. The number of benzene rings is 1. The number of nitrogens with two attached hydrogens (primary N) is 1. The van der Waals surface area contributed by atoms with Crippen LogP contribution >= 0.6 is 0 Å². The molecule has 0 aliphatic heterocycles. The fourth-order valence-corrected chi connectivity index (χ4v) is 2.80. The molecule has 0 aliphatic carbocycles. The van der Waals surface area contributed by atoms with Crippen LogP contribution in [0.2, 0.25) is 0 Å². The zero-order valence-corrected chi connectivity index (χ0v) is 11.8. The Labute approximate surface area is 120 Å². The quantitative estimate of drug-likeness (QED) is 0.528. The zero-order valence-electron chi connectivity index (χ0n) is 11.0. The molecule has 0 atom stereocenters. The summed E-state index contributed by atoms with van der Waals surface area (Å²) in [5.74, 6) is -1.99. The number of nitrogens with one attached hydrogen (secondary N) is 1. The Morgan fingerprint density at radius 1 is 1.38 bits per heavy atom. The topological polar surface area (TPSA) is 156 Å². The normalized spacial score (nSPS) is 11.1. The van der Waals surface area contributed by atoms with E-state index in [1.165, 1.54) is 6.92 Å². The number of hydrogen-bond donors (Lipinski definition) is 4. The van der Waals surface area contributed by atoms with Crippen molar-refractivity contribution in [1.82, 2.24) is 4.72 Å². The van der Waals surface area contributed by atoms with Crippen molar-refractivity contribution in [1.29, 1.82) is 0 Å². The lowest BCUT2D eigenvalue weighted by molar-refractivity contribution is 0.0693. The lowest BCUT2D eigenvalue weighted by Crippen LogP contribution is -2.29. The summed E-state index contributed by atoms with van der Waals surface area (Å²) in [7, 11) is -4.02. The van der Waals surface area contributed by atoms with E-state index in [1.54, 1.807) is 0 Å².